The van der Waals surface area contributed by atoms with Crippen LogP contribution < -0.4 is 15.0 Å². The summed E-state index contributed by atoms with van der Waals surface area (Å²) in [5, 5.41) is 16.2. The molecule has 0 saturated heterocycles. The Labute approximate surface area is 198 Å². The second-order valence-corrected chi connectivity index (χ2v) is 7.47. The number of alkyl halides is 2. The lowest BCUT2D eigenvalue weighted by atomic mass is 10.1. The number of nitrogens with zero attached hydrogens (tertiary/aromatic N) is 3. The smallest absolute Gasteiger partial charge is 0.387 e. The predicted molar refractivity (Wildman–Crippen MR) is 121 cm³/mol. The monoisotopic (exact) mass is 491 g/mol. The summed E-state index contributed by atoms with van der Waals surface area (Å²) in [6, 6.07) is 8.28. The fourth-order valence-corrected chi connectivity index (χ4v) is 3.49. The van der Waals surface area contributed by atoms with Gasteiger partial charge in [0.1, 0.15) is 6.61 Å². The van der Waals surface area contributed by atoms with Crippen molar-refractivity contribution >= 4 is 22.4 Å². The number of methoxy groups -OCH3 is 1. The number of aromatic nitrogens is 2. The van der Waals surface area contributed by atoms with Crippen molar-refractivity contribution in [1.82, 2.24) is 9.78 Å². The van der Waals surface area contributed by atoms with Gasteiger partial charge in [-0.15, -0.1) is 0 Å². The largest absolute Gasteiger partial charge is 0.493 e. The van der Waals surface area contributed by atoms with Crippen molar-refractivity contribution in [3.05, 3.63) is 68.1 Å². The molecular weight excluding hydrogens is 468 g/mol. The standard InChI is InChI=1S/C23H23F2N3O7/c1-3-4-7-10-27-21(29)16-9-6-5-8-15(16)20(26-27)22(30)34-13-14-11-18(33-2)19(35-23(24)25)12-17(14)28(31)32/h5-6,8-9,11-12,23H,3-4,7,10,13H2,1-2H3. The van der Waals surface area contributed by atoms with Crippen molar-refractivity contribution in [3.8, 4) is 11.5 Å². The van der Waals surface area contributed by atoms with Crippen LogP contribution in [0, 0.1) is 10.1 Å². The lowest BCUT2D eigenvalue weighted by Gasteiger charge is -2.13. The molecule has 0 amide bonds. The molecule has 0 N–H and O–H groups in total. The lowest BCUT2D eigenvalue weighted by Crippen LogP contribution is -2.26. The number of nitro benzene ring substituents is 1. The molecule has 0 aliphatic heterocycles. The van der Waals surface area contributed by atoms with E-state index in [1.54, 1.807) is 24.3 Å². The van der Waals surface area contributed by atoms with E-state index in [1.807, 2.05) is 6.92 Å². The Morgan fingerprint density at radius 1 is 1.17 bits per heavy atom. The third-order valence-electron chi connectivity index (χ3n) is 5.17. The molecule has 3 aromatic rings. The summed E-state index contributed by atoms with van der Waals surface area (Å²) < 4.78 is 41.0. The van der Waals surface area contributed by atoms with E-state index in [9.17, 15) is 28.5 Å². The Hall–Kier alpha value is -4.09. The highest BCUT2D eigenvalue weighted by Crippen LogP contribution is 2.36. The van der Waals surface area contributed by atoms with Crippen molar-refractivity contribution in [2.75, 3.05) is 7.11 Å². The summed E-state index contributed by atoms with van der Waals surface area (Å²) in [5.74, 6) is -1.64. The molecule has 0 atom stereocenters. The maximum Gasteiger partial charge on any atom is 0.387 e. The zero-order chi connectivity index (χ0) is 25.5. The number of hydrogen-bond acceptors (Lipinski definition) is 8. The number of ether oxygens (including phenoxy) is 3. The van der Waals surface area contributed by atoms with Gasteiger partial charge in [0, 0.05) is 11.9 Å². The predicted octanol–water partition coefficient (Wildman–Crippen LogP) is 4.46. The number of unbranched alkanes of at least 4 members (excludes halogenated alkanes) is 2. The highest BCUT2D eigenvalue weighted by molar-refractivity contribution is 6.02. The van der Waals surface area contributed by atoms with Gasteiger partial charge >= 0.3 is 12.6 Å². The highest BCUT2D eigenvalue weighted by atomic mass is 19.3. The van der Waals surface area contributed by atoms with Gasteiger partial charge in [-0.2, -0.15) is 13.9 Å². The van der Waals surface area contributed by atoms with Crippen LogP contribution in [0.3, 0.4) is 0 Å². The molecule has 0 unspecified atom stereocenters. The van der Waals surface area contributed by atoms with Crippen LogP contribution in [-0.2, 0) is 17.9 Å². The quantitative estimate of drug-likeness (QED) is 0.167. The van der Waals surface area contributed by atoms with Crippen LogP contribution in [0.4, 0.5) is 14.5 Å². The summed E-state index contributed by atoms with van der Waals surface area (Å²) >= 11 is 0. The van der Waals surface area contributed by atoms with Crippen molar-refractivity contribution in [2.45, 2.75) is 45.9 Å². The van der Waals surface area contributed by atoms with Gasteiger partial charge in [-0.05, 0) is 18.6 Å². The Morgan fingerprint density at radius 2 is 1.89 bits per heavy atom. The normalized spacial score (nSPS) is 11.0. The molecule has 35 heavy (non-hydrogen) atoms. The number of carbonyl (C=O) groups excluding carboxylic acids is 1. The van der Waals surface area contributed by atoms with Gasteiger partial charge in [-0.25, -0.2) is 9.48 Å². The zero-order valence-corrected chi connectivity index (χ0v) is 19.0. The minimum absolute atomic E-state index is 0.109. The molecule has 0 aliphatic rings. The highest BCUT2D eigenvalue weighted by Gasteiger charge is 2.24. The average molecular weight is 491 g/mol. The summed E-state index contributed by atoms with van der Waals surface area (Å²) in [4.78, 5) is 36.4. The second-order valence-electron chi connectivity index (χ2n) is 7.47. The number of nitro groups is 1. The summed E-state index contributed by atoms with van der Waals surface area (Å²) in [7, 11) is 1.17. The first-order valence-electron chi connectivity index (χ1n) is 10.7. The Morgan fingerprint density at radius 3 is 2.51 bits per heavy atom. The molecule has 0 bridgehead atoms. The van der Waals surface area contributed by atoms with Gasteiger partial charge in [0.25, 0.3) is 11.2 Å². The molecule has 0 aliphatic carbocycles. The van der Waals surface area contributed by atoms with Crippen molar-refractivity contribution in [3.63, 3.8) is 0 Å². The van der Waals surface area contributed by atoms with Gasteiger partial charge < -0.3 is 14.2 Å². The maximum atomic E-state index is 12.9. The van der Waals surface area contributed by atoms with Gasteiger partial charge in [-0.3, -0.25) is 14.9 Å². The molecule has 1 aromatic heterocycles. The van der Waals surface area contributed by atoms with Gasteiger partial charge in [0.2, 0.25) is 0 Å². The maximum absolute atomic E-state index is 12.9. The first kappa shape index (κ1) is 25.5. The average Bonchev–Trinajstić information content (AvgIpc) is 2.83. The van der Waals surface area contributed by atoms with E-state index in [2.05, 4.69) is 9.84 Å². The van der Waals surface area contributed by atoms with E-state index in [1.165, 1.54) is 11.8 Å². The first-order valence-corrected chi connectivity index (χ1v) is 10.7. The van der Waals surface area contributed by atoms with E-state index in [-0.39, 0.29) is 33.3 Å². The number of carbonyl (C=O) groups is 1. The third-order valence-corrected chi connectivity index (χ3v) is 5.17. The van der Waals surface area contributed by atoms with Gasteiger partial charge in [-0.1, -0.05) is 38.0 Å². The third kappa shape index (κ3) is 5.89. The molecule has 0 fully saturated rings. The Bertz CT molecular complexity index is 1290. The fourth-order valence-electron chi connectivity index (χ4n) is 3.49. The molecule has 0 spiro atoms. The van der Waals surface area contributed by atoms with Crippen LogP contribution in [0.15, 0.2) is 41.2 Å². The number of fused-ring (bicyclic) bond motifs is 1. The first-order chi connectivity index (χ1) is 16.8. The van der Waals surface area contributed by atoms with E-state index in [0.717, 1.165) is 25.0 Å². The van der Waals surface area contributed by atoms with Crippen LogP contribution in [0.2, 0.25) is 0 Å². The number of hydrogen-bond donors (Lipinski definition) is 0. The molecule has 1 heterocycles. The Kier molecular flexibility index (Phi) is 8.29. The molecule has 12 heteroatoms. The van der Waals surface area contributed by atoms with Crippen molar-refractivity contribution in [2.24, 2.45) is 0 Å². The molecule has 3 rings (SSSR count). The number of rotatable bonds is 11. The van der Waals surface area contributed by atoms with Crippen LogP contribution in [-0.4, -0.2) is 34.4 Å². The number of esters is 1. The van der Waals surface area contributed by atoms with E-state index >= 15 is 0 Å². The number of benzene rings is 2. The summed E-state index contributed by atoms with van der Waals surface area (Å²) in [6.45, 7) is -1.48. The molecule has 0 radical (unpaired) electrons. The molecule has 10 nitrogen and oxygen atoms in total. The zero-order valence-electron chi connectivity index (χ0n) is 19.0. The number of aryl methyl sites for hydroxylation is 1. The van der Waals surface area contributed by atoms with E-state index in [4.69, 9.17) is 9.47 Å². The summed E-state index contributed by atoms with van der Waals surface area (Å²) in [6.07, 6.45) is 2.49. The topological polar surface area (TPSA) is 123 Å². The molecule has 0 saturated carbocycles. The SMILES string of the molecule is CCCCCn1nc(C(=O)OCc2cc(OC)c(OC(F)F)cc2[N+](=O)[O-])c2ccccc2c1=O. The van der Waals surface area contributed by atoms with Crippen molar-refractivity contribution in [1.29, 1.82) is 0 Å². The minimum Gasteiger partial charge on any atom is -0.493 e. The van der Waals surface area contributed by atoms with Crippen molar-refractivity contribution < 1.29 is 32.7 Å². The Balaban J connectivity index is 1.94. The van der Waals surface area contributed by atoms with E-state index < -0.39 is 35.5 Å². The molecular formula is C23H23F2N3O7. The second kappa shape index (κ2) is 11.4. The van der Waals surface area contributed by atoms with Gasteiger partial charge in [0.05, 0.1) is 29.0 Å². The van der Waals surface area contributed by atoms with Crippen LogP contribution in [0.25, 0.3) is 10.8 Å². The van der Waals surface area contributed by atoms with Gasteiger partial charge in [0.15, 0.2) is 17.2 Å². The van der Waals surface area contributed by atoms with Crippen LogP contribution in [0.5, 0.6) is 11.5 Å². The number of halogens is 2. The van der Waals surface area contributed by atoms with Crippen LogP contribution in [0.1, 0.15) is 42.2 Å². The van der Waals surface area contributed by atoms with E-state index in [0.29, 0.717) is 13.0 Å². The van der Waals surface area contributed by atoms with Crippen LogP contribution >= 0.6 is 0 Å². The summed E-state index contributed by atoms with van der Waals surface area (Å²) in [5.41, 5.74) is -1.17. The minimum atomic E-state index is -3.22. The lowest BCUT2D eigenvalue weighted by molar-refractivity contribution is -0.386. The molecule has 2 aromatic carbocycles. The molecule has 186 valence electrons. The fraction of sp³-hybridized carbons (Fsp3) is 0.348.